The van der Waals surface area contributed by atoms with Crippen LogP contribution in [0.15, 0.2) is 11.6 Å². The number of aliphatic hydroxyl groups excluding tert-OH is 1. The predicted molar refractivity (Wildman–Crippen MR) is 88.0 cm³/mol. The summed E-state index contributed by atoms with van der Waals surface area (Å²) in [4.78, 5) is 36.1. The molecule has 0 saturated heterocycles. The Bertz CT molecular complexity index is 508. The van der Waals surface area contributed by atoms with Gasteiger partial charge in [-0.05, 0) is 17.9 Å². The summed E-state index contributed by atoms with van der Waals surface area (Å²) in [5, 5.41) is 9.40. The fourth-order valence-electron chi connectivity index (χ4n) is 2.84. The van der Waals surface area contributed by atoms with Crippen molar-refractivity contribution >= 4 is 17.7 Å². The van der Waals surface area contributed by atoms with Crippen molar-refractivity contribution in [3.05, 3.63) is 11.6 Å². The molecule has 24 heavy (non-hydrogen) atoms. The van der Waals surface area contributed by atoms with Gasteiger partial charge in [-0.1, -0.05) is 34.1 Å². The number of hydrogen-bond acceptors (Lipinski definition) is 6. The van der Waals surface area contributed by atoms with Gasteiger partial charge < -0.3 is 14.6 Å². The zero-order valence-corrected chi connectivity index (χ0v) is 15.1. The molecule has 136 valence electrons. The van der Waals surface area contributed by atoms with Gasteiger partial charge in [0.05, 0.1) is 6.61 Å². The summed E-state index contributed by atoms with van der Waals surface area (Å²) < 4.78 is 10.8. The van der Waals surface area contributed by atoms with Crippen molar-refractivity contribution in [2.75, 3.05) is 6.61 Å². The van der Waals surface area contributed by atoms with Crippen LogP contribution in [0, 0.1) is 17.8 Å². The first-order valence-electron chi connectivity index (χ1n) is 8.43. The molecule has 0 aromatic carbocycles. The molecule has 0 unspecified atom stereocenters. The lowest BCUT2D eigenvalue weighted by Crippen LogP contribution is -2.48. The summed E-state index contributed by atoms with van der Waals surface area (Å²) in [6.07, 6.45) is 0.774. The predicted octanol–water partition coefficient (Wildman–Crippen LogP) is 2.04. The average molecular weight is 340 g/mol. The van der Waals surface area contributed by atoms with Gasteiger partial charge in [0, 0.05) is 24.8 Å². The van der Waals surface area contributed by atoms with Crippen LogP contribution in [0.25, 0.3) is 0 Å². The highest BCUT2D eigenvalue weighted by Gasteiger charge is 2.44. The molecule has 0 amide bonds. The first-order valence-corrected chi connectivity index (χ1v) is 8.43. The van der Waals surface area contributed by atoms with E-state index in [1.54, 1.807) is 0 Å². The second-order valence-electron chi connectivity index (χ2n) is 6.74. The van der Waals surface area contributed by atoms with Crippen molar-refractivity contribution in [1.82, 2.24) is 0 Å². The molecule has 0 saturated carbocycles. The van der Waals surface area contributed by atoms with Gasteiger partial charge in [-0.3, -0.25) is 14.4 Å². The molecule has 6 heteroatoms. The fraction of sp³-hybridized carbons (Fsp3) is 0.722. The number of aliphatic hydroxyl groups is 1. The first-order chi connectivity index (χ1) is 11.2. The Labute approximate surface area is 143 Å². The summed E-state index contributed by atoms with van der Waals surface area (Å²) in [6, 6.07) is 0. The standard InChI is InChI=1S/C18H28O6/c1-6-11(4)7-15(21)24-18-16(10(2)3)14(23-12(5)20)8-13(9-19)17(18)22/h8,10-11,14,16,18-19H,6-7,9H2,1-5H3/t11-,14-,16+,18-/m0/s1. The van der Waals surface area contributed by atoms with Crippen LogP contribution in [0.1, 0.15) is 47.5 Å². The van der Waals surface area contributed by atoms with E-state index in [-0.39, 0.29) is 23.8 Å². The Hall–Kier alpha value is -1.69. The summed E-state index contributed by atoms with van der Waals surface area (Å²) in [5.41, 5.74) is 0.111. The van der Waals surface area contributed by atoms with Crippen LogP contribution in [0.4, 0.5) is 0 Å². The van der Waals surface area contributed by atoms with Gasteiger partial charge in [-0.2, -0.15) is 0 Å². The molecule has 0 spiro atoms. The Morgan fingerprint density at radius 3 is 2.33 bits per heavy atom. The third-order valence-electron chi connectivity index (χ3n) is 4.38. The minimum Gasteiger partial charge on any atom is -0.458 e. The molecule has 0 heterocycles. The SMILES string of the molecule is CC[C@H](C)CC(=O)O[C@@H]1C(=O)C(CO)=C[C@H](OC(C)=O)[C@H]1C(C)C. The minimum absolute atomic E-state index is 0.0591. The number of carbonyl (C=O) groups is 3. The number of ketones is 1. The van der Waals surface area contributed by atoms with Crippen LogP contribution >= 0.6 is 0 Å². The first kappa shape index (κ1) is 20.4. The molecule has 0 aromatic heterocycles. The zero-order valence-electron chi connectivity index (χ0n) is 15.1. The van der Waals surface area contributed by atoms with Crippen LogP contribution in [0.5, 0.6) is 0 Å². The maximum absolute atomic E-state index is 12.5. The number of carbonyl (C=O) groups excluding carboxylic acids is 3. The van der Waals surface area contributed by atoms with Crippen LogP contribution in [0.3, 0.4) is 0 Å². The van der Waals surface area contributed by atoms with E-state index in [2.05, 4.69) is 0 Å². The molecule has 0 radical (unpaired) electrons. The van der Waals surface area contributed by atoms with Crippen molar-refractivity contribution in [2.24, 2.45) is 17.8 Å². The highest BCUT2D eigenvalue weighted by Crippen LogP contribution is 2.32. The summed E-state index contributed by atoms with van der Waals surface area (Å²) in [6.45, 7) is 8.46. The molecule has 1 N–H and O–H groups in total. The second kappa shape index (κ2) is 8.97. The van der Waals surface area contributed by atoms with Gasteiger partial charge >= 0.3 is 11.9 Å². The second-order valence-corrected chi connectivity index (χ2v) is 6.74. The average Bonchev–Trinajstić information content (AvgIpc) is 2.48. The van der Waals surface area contributed by atoms with Crippen LogP contribution < -0.4 is 0 Å². The van der Waals surface area contributed by atoms with Crippen LogP contribution in [-0.4, -0.2) is 41.6 Å². The molecule has 0 bridgehead atoms. The lowest BCUT2D eigenvalue weighted by atomic mass is 9.77. The van der Waals surface area contributed by atoms with E-state index in [0.717, 1.165) is 6.42 Å². The highest BCUT2D eigenvalue weighted by molar-refractivity contribution is 6.01. The highest BCUT2D eigenvalue weighted by atomic mass is 16.6. The molecule has 0 aromatic rings. The van der Waals surface area contributed by atoms with Gasteiger partial charge in [0.1, 0.15) is 6.10 Å². The van der Waals surface area contributed by atoms with Gasteiger partial charge in [0.15, 0.2) is 6.10 Å². The van der Waals surface area contributed by atoms with E-state index < -0.39 is 42.5 Å². The molecule has 0 fully saturated rings. The van der Waals surface area contributed by atoms with Crippen molar-refractivity contribution in [2.45, 2.75) is 59.7 Å². The third kappa shape index (κ3) is 5.16. The molecule has 4 atom stereocenters. The summed E-state index contributed by atoms with van der Waals surface area (Å²) in [7, 11) is 0. The van der Waals surface area contributed by atoms with E-state index in [1.165, 1.54) is 13.0 Å². The molecule has 6 nitrogen and oxygen atoms in total. The Morgan fingerprint density at radius 2 is 1.88 bits per heavy atom. The Balaban J connectivity index is 3.08. The fourth-order valence-corrected chi connectivity index (χ4v) is 2.84. The number of ether oxygens (including phenoxy) is 2. The Kier molecular flexibility index (Phi) is 7.60. The summed E-state index contributed by atoms with van der Waals surface area (Å²) >= 11 is 0. The van der Waals surface area contributed by atoms with E-state index in [4.69, 9.17) is 9.47 Å². The van der Waals surface area contributed by atoms with Gasteiger partial charge in [-0.15, -0.1) is 0 Å². The van der Waals surface area contributed by atoms with Gasteiger partial charge in [0.25, 0.3) is 0 Å². The van der Waals surface area contributed by atoms with Crippen molar-refractivity contribution in [3.63, 3.8) is 0 Å². The van der Waals surface area contributed by atoms with Crippen molar-refractivity contribution in [1.29, 1.82) is 0 Å². The zero-order chi connectivity index (χ0) is 18.4. The normalized spacial score (nSPS) is 25.2. The lowest BCUT2D eigenvalue weighted by molar-refractivity contribution is -0.167. The number of esters is 2. The van der Waals surface area contributed by atoms with Crippen molar-refractivity contribution < 1.29 is 29.0 Å². The minimum atomic E-state index is -1.04. The maximum atomic E-state index is 12.5. The quantitative estimate of drug-likeness (QED) is 0.713. The van der Waals surface area contributed by atoms with Crippen LogP contribution in [-0.2, 0) is 23.9 Å². The number of rotatable bonds is 7. The molecule has 0 aliphatic heterocycles. The largest absolute Gasteiger partial charge is 0.458 e. The molecule has 1 rings (SSSR count). The van der Waals surface area contributed by atoms with Gasteiger partial charge in [0.2, 0.25) is 5.78 Å². The molecule has 1 aliphatic rings. The van der Waals surface area contributed by atoms with Crippen LogP contribution in [0.2, 0.25) is 0 Å². The lowest BCUT2D eigenvalue weighted by Gasteiger charge is -2.37. The van der Waals surface area contributed by atoms with E-state index in [1.807, 2.05) is 27.7 Å². The van der Waals surface area contributed by atoms with Crippen molar-refractivity contribution in [3.8, 4) is 0 Å². The van der Waals surface area contributed by atoms with Gasteiger partial charge in [-0.25, -0.2) is 0 Å². The van der Waals surface area contributed by atoms with E-state index >= 15 is 0 Å². The van der Waals surface area contributed by atoms with E-state index in [0.29, 0.717) is 0 Å². The number of Topliss-reactive ketones (excluding diaryl/α,β-unsaturated/α-hetero) is 1. The molecular formula is C18H28O6. The van der Waals surface area contributed by atoms with E-state index in [9.17, 15) is 19.5 Å². The smallest absolute Gasteiger partial charge is 0.306 e. The topological polar surface area (TPSA) is 89.9 Å². The summed E-state index contributed by atoms with van der Waals surface area (Å²) in [5.74, 6) is -1.73. The number of hydrogen-bond donors (Lipinski definition) is 1. The molecule has 1 aliphatic carbocycles. The molecular weight excluding hydrogens is 312 g/mol. The Morgan fingerprint density at radius 1 is 1.25 bits per heavy atom. The maximum Gasteiger partial charge on any atom is 0.306 e. The third-order valence-corrected chi connectivity index (χ3v) is 4.38. The monoisotopic (exact) mass is 340 g/mol.